The Labute approximate surface area is 174 Å². The Kier molecular flexibility index (Phi) is 7.95. The summed E-state index contributed by atoms with van der Waals surface area (Å²) in [6.07, 6.45) is -13.8. The molecule has 0 aromatic rings. The van der Waals surface area contributed by atoms with Crippen LogP contribution in [0.3, 0.4) is 0 Å². The normalized spacial score (nSPS) is 37.0. The third-order valence-electron chi connectivity index (χ3n) is 4.04. The lowest BCUT2D eigenvalue weighted by Crippen LogP contribution is -2.66. The van der Waals surface area contributed by atoms with Crippen molar-refractivity contribution >= 4 is 26.7 Å². The third kappa shape index (κ3) is 7.00. The highest BCUT2D eigenvalue weighted by atomic mass is 32.3. The van der Waals surface area contributed by atoms with Crippen molar-refractivity contribution in [3.05, 3.63) is 11.8 Å². The minimum absolute atomic E-state index is 0.552. The molecule has 0 aromatic carbocycles. The number of aliphatic hydroxyl groups is 4. The Morgan fingerprint density at radius 3 is 2.26 bits per heavy atom. The van der Waals surface area contributed by atoms with E-state index in [9.17, 15) is 56.3 Å². The predicted molar refractivity (Wildman–Crippen MR) is 84.0 cm³/mol. The summed E-state index contributed by atoms with van der Waals surface area (Å²) in [5, 5.41) is 50.8. The van der Waals surface area contributed by atoms with E-state index >= 15 is 0 Å². The molecule has 2 aliphatic rings. The van der Waals surface area contributed by atoms with E-state index < -0.39 is 88.2 Å². The van der Waals surface area contributed by atoms with Gasteiger partial charge in [-0.05, 0) is 6.08 Å². The van der Waals surface area contributed by atoms with Gasteiger partial charge in [-0.25, -0.2) is 21.6 Å². The van der Waals surface area contributed by atoms with E-state index in [0.717, 1.165) is 0 Å². The van der Waals surface area contributed by atoms with E-state index in [4.69, 9.17) is 14.2 Å². The monoisotopic (exact) mass is 494 g/mol. The zero-order valence-electron chi connectivity index (χ0n) is 14.9. The van der Waals surface area contributed by atoms with Gasteiger partial charge in [-0.2, -0.15) is 0 Å². The minimum atomic E-state index is -5.32. The number of aliphatic carboxylic acids is 1. The van der Waals surface area contributed by atoms with Crippen LogP contribution in [0.4, 0.5) is 0 Å². The topological polar surface area (TPSA) is 284 Å². The van der Waals surface area contributed by atoms with Crippen molar-refractivity contribution in [3.63, 3.8) is 0 Å². The summed E-state index contributed by atoms with van der Waals surface area (Å²) in [6, 6.07) is -2.10. The molecule has 0 radical (unpaired) electrons. The second-order valence-electron chi connectivity index (χ2n) is 6.23. The molecule has 17 nitrogen and oxygen atoms in total. The molecule has 180 valence electrons. The number of carbonyl (C=O) groups is 1. The van der Waals surface area contributed by atoms with Crippen molar-refractivity contribution < 1.29 is 74.7 Å². The van der Waals surface area contributed by atoms with E-state index in [2.05, 4.69) is 4.18 Å². The molecule has 19 heteroatoms. The van der Waals surface area contributed by atoms with Gasteiger partial charge < -0.3 is 53.6 Å². The molecule has 1 saturated heterocycles. The van der Waals surface area contributed by atoms with E-state index in [1.807, 2.05) is 0 Å². The summed E-state index contributed by atoms with van der Waals surface area (Å²) < 4.78 is 84.8. The van der Waals surface area contributed by atoms with Crippen molar-refractivity contribution in [2.24, 2.45) is 0 Å². The zero-order valence-corrected chi connectivity index (χ0v) is 16.5. The molecule has 2 aliphatic heterocycles. The molecule has 1 fully saturated rings. The van der Waals surface area contributed by atoms with Crippen molar-refractivity contribution in [1.82, 2.24) is 4.72 Å². The van der Waals surface area contributed by atoms with E-state index in [1.54, 1.807) is 0 Å². The SMILES string of the molecule is O=C([O-])C1=C[C@@H](O)[C@H](O)[C@H](OC2[C@@H](COS(=O)(=O)[O-])OC(O)[C@H](NS(=O)(=O)[O-])[C@H]2O)O1. The fourth-order valence-corrected chi connectivity index (χ4v) is 3.60. The number of carboxylic acids is 1. The van der Waals surface area contributed by atoms with E-state index in [1.165, 1.54) is 4.72 Å². The van der Waals surface area contributed by atoms with Crippen LogP contribution in [0.1, 0.15) is 0 Å². The highest BCUT2D eigenvalue weighted by Gasteiger charge is 2.49. The summed E-state index contributed by atoms with van der Waals surface area (Å²) in [5.74, 6) is -2.94. The van der Waals surface area contributed by atoms with E-state index in [0.29, 0.717) is 6.08 Å². The Bertz CT molecular complexity index is 900. The number of aliphatic hydroxyl groups excluding tert-OH is 4. The number of carbonyl (C=O) groups excluding carboxylic acids is 1. The van der Waals surface area contributed by atoms with Gasteiger partial charge in [0.2, 0.25) is 16.7 Å². The molecule has 0 spiro atoms. The van der Waals surface area contributed by atoms with Crippen LogP contribution in [0.2, 0.25) is 0 Å². The number of hydrogen-bond acceptors (Lipinski definition) is 16. The Morgan fingerprint density at radius 2 is 1.74 bits per heavy atom. The van der Waals surface area contributed by atoms with Gasteiger partial charge >= 0.3 is 0 Å². The molecule has 0 aromatic heterocycles. The summed E-state index contributed by atoms with van der Waals surface area (Å²) in [4.78, 5) is 10.9. The van der Waals surface area contributed by atoms with Gasteiger partial charge in [-0.1, -0.05) is 0 Å². The first-order valence-electron chi connectivity index (χ1n) is 8.05. The van der Waals surface area contributed by atoms with Crippen molar-refractivity contribution in [3.8, 4) is 0 Å². The van der Waals surface area contributed by atoms with Crippen molar-refractivity contribution in [2.45, 2.75) is 49.1 Å². The van der Waals surface area contributed by atoms with Gasteiger partial charge in [0, 0.05) is 0 Å². The molecule has 0 amide bonds. The average Bonchev–Trinajstić information content (AvgIpc) is 2.61. The number of hydrogen-bond donors (Lipinski definition) is 5. The van der Waals surface area contributed by atoms with Crippen LogP contribution < -0.4 is 9.83 Å². The van der Waals surface area contributed by atoms with Crippen LogP contribution in [0.5, 0.6) is 0 Å². The fourth-order valence-electron chi connectivity index (χ4n) is 2.71. The Balaban J connectivity index is 2.31. The lowest BCUT2D eigenvalue weighted by atomic mass is 9.97. The van der Waals surface area contributed by atoms with Crippen LogP contribution >= 0.6 is 0 Å². The van der Waals surface area contributed by atoms with Gasteiger partial charge in [0.15, 0.2) is 16.6 Å². The number of carboxylic acid groups (broad SMARTS) is 1. The smallest absolute Gasteiger partial charge is 0.229 e. The molecule has 0 bridgehead atoms. The summed E-state index contributed by atoms with van der Waals surface area (Å²) in [6.45, 7) is -1.21. The maximum absolute atomic E-state index is 10.9. The van der Waals surface area contributed by atoms with Crippen molar-refractivity contribution in [1.29, 1.82) is 0 Å². The number of rotatable bonds is 8. The first-order valence-corrected chi connectivity index (χ1v) is 10.8. The largest absolute Gasteiger partial charge is 0.735 e. The van der Waals surface area contributed by atoms with Gasteiger partial charge in [0.1, 0.15) is 48.3 Å². The van der Waals surface area contributed by atoms with E-state index in [-0.39, 0.29) is 0 Å². The quantitative estimate of drug-likeness (QED) is 0.155. The first kappa shape index (κ1) is 25.8. The molecule has 2 unspecified atom stereocenters. The standard InChI is InChI=1S/C12H19NO16S2/c14-3-1-4(10(17)18)28-12(7(3)15)29-9-5(2-26-31(23,24)25)27-11(19)6(8(9)16)13-30(20,21)22/h1,3,5-9,11-16,19H,2H2,(H,17,18)(H,20,21,22)(H,23,24,25)/p-3/t3-,5-,6-,7+,8-,9?,11?,12+/m1/s1. The van der Waals surface area contributed by atoms with Crippen LogP contribution in [0, 0.1) is 0 Å². The van der Waals surface area contributed by atoms with Gasteiger partial charge in [0.05, 0.1) is 6.61 Å². The first-order chi connectivity index (χ1) is 14.1. The van der Waals surface area contributed by atoms with Crippen LogP contribution in [-0.4, -0.2) is 108 Å². The van der Waals surface area contributed by atoms with Gasteiger partial charge in [-0.3, -0.25) is 4.18 Å². The molecule has 2 rings (SSSR count). The highest BCUT2D eigenvalue weighted by molar-refractivity contribution is 7.83. The van der Waals surface area contributed by atoms with Crippen LogP contribution in [0.15, 0.2) is 11.8 Å². The number of ether oxygens (including phenoxy) is 3. The summed E-state index contributed by atoms with van der Waals surface area (Å²) >= 11 is 0. The zero-order chi connectivity index (χ0) is 23.7. The Morgan fingerprint density at radius 1 is 1.13 bits per heavy atom. The maximum atomic E-state index is 10.9. The second kappa shape index (κ2) is 9.56. The Hall–Kier alpha value is -1.49. The lowest BCUT2D eigenvalue weighted by Gasteiger charge is -2.45. The second-order valence-corrected chi connectivity index (χ2v) is 8.43. The minimum Gasteiger partial charge on any atom is -0.735 e. The number of nitrogens with one attached hydrogen (secondary N) is 1. The third-order valence-corrected chi connectivity index (χ3v) is 5.02. The van der Waals surface area contributed by atoms with Gasteiger partial charge in [0.25, 0.3) is 0 Å². The fraction of sp³-hybridized carbons (Fsp3) is 0.750. The van der Waals surface area contributed by atoms with Crippen molar-refractivity contribution in [2.75, 3.05) is 6.61 Å². The van der Waals surface area contributed by atoms with Crippen LogP contribution in [0.25, 0.3) is 0 Å². The molecule has 0 aliphatic carbocycles. The molecule has 31 heavy (non-hydrogen) atoms. The average molecular weight is 494 g/mol. The lowest BCUT2D eigenvalue weighted by molar-refractivity contribution is -0.321. The molecule has 2 heterocycles. The maximum Gasteiger partial charge on any atom is 0.229 e. The van der Waals surface area contributed by atoms with Crippen LogP contribution in [-0.2, 0) is 43.9 Å². The molecule has 5 N–H and O–H groups in total. The summed E-state index contributed by atoms with van der Waals surface area (Å²) in [5.41, 5.74) is 0. The summed E-state index contributed by atoms with van der Waals surface area (Å²) in [7, 11) is -10.6. The predicted octanol–water partition coefficient (Wildman–Crippen LogP) is -6.94. The molecule has 0 saturated carbocycles. The molecule has 8 atom stereocenters. The highest BCUT2D eigenvalue weighted by Crippen LogP contribution is 2.28. The molecular weight excluding hydrogens is 478 g/mol. The van der Waals surface area contributed by atoms with Gasteiger partial charge in [-0.15, -0.1) is 0 Å². The molecular formula is C12H16NO16S2-3.